The number of phenolic OH excluding ortho intramolecular Hbond substituents is 1. The van der Waals surface area contributed by atoms with Crippen molar-refractivity contribution in [2.24, 2.45) is 0 Å². The van der Waals surface area contributed by atoms with Crippen LogP contribution in [-0.4, -0.2) is 32.3 Å². The molecule has 2 aromatic carbocycles. The minimum absolute atomic E-state index is 0.0579. The SMILES string of the molecule is COc1cc(C(=O)Nc2ccc(O)c(Cl)c2)cc(OC)c1OC. The van der Waals surface area contributed by atoms with Gasteiger partial charge in [-0.15, -0.1) is 0 Å². The molecular formula is C16H16ClNO5. The van der Waals surface area contributed by atoms with E-state index in [0.29, 0.717) is 28.5 Å². The number of anilines is 1. The van der Waals surface area contributed by atoms with Crippen molar-refractivity contribution in [2.45, 2.75) is 0 Å². The first-order valence-electron chi connectivity index (χ1n) is 6.60. The molecule has 0 spiro atoms. The number of halogens is 1. The zero-order valence-corrected chi connectivity index (χ0v) is 13.6. The van der Waals surface area contributed by atoms with E-state index in [1.807, 2.05) is 0 Å². The van der Waals surface area contributed by atoms with Gasteiger partial charge in [0.05, 0.1) is 26.4 Å². The Morgan fingerprint density at radius 3 is 2.13 bits per heavy atom. The monoisotopic (exact) mass is 337 g/mol. The Kier molecular flexibility index (Phi) is 5.18. The van der Waals surface area contributed by atoms with Gasteiger partial charge in [0.25, 0.3) is 5.91 Å². The maximum Gasteiger partial charge on any atom is 0.255 e. The van der Waals surface area contributed by atoms with E-state index in [1.165, 1.54) is 39.5 Å². The number of rotatable bonds is 5. The Bertz CT molecular complexity index is 707. The number of hydrogen-bond donors (Lipinski definition) is 2. The number of ether oxygens (including phenoxy) is 3. The van der Waals surface area contributed by atoms with Crippen LogP contribution in [0.25, 0.3) is 0 Å². The van der Waals surface area contributed by atoms with Gasteiger partial charge in [0.2, 0.25) is 5.75 Å². The maximum absolute atomic E-state index is 12.4. The number of nitrogens with one attached hydrogen (secondary N) is 1. The average molecular weight is 338 g/mol. The topological polar surface area (TPSA) is 77.0 Å². The summed E-state index contributed by atoms with van der Waals surface area (Å²) in [6.45, 7) is 0. The molecule has 23 heavy (non-hydrogen) atoms. The fraction of sp³-hybridized carbons (Fsp3) is 0.188. The summed E-state index contributed by atoms with van der Waals surface area (Å²) < 4.78 is 15.6. The van der Waals surface area contributed by atoms with Gasteiger partial charge in [-0.2, -0.15) is 0 Å². The molecule has 6 nitrogen and oxygen atoms in total. The molecule has 0 aliphatic rings. The van der Waals surface area contributed by atoms with Gasteiger partial charge < -0.3 is 24.6 Å². The number of methoxy groups -OCH3 is 3. The highest BCUT2D eigenvalue weighted by molar-refractivity contribution is 6.32. The van der Waals surface area contributed by atoms with Crippen molar-refractivity contribution in [2.75, 3.05) is 26.6 Å². The average Bonchev–Trinajstić information content (AvgIpc) is 2.56. The number of phenols is 1. The van der Waals surface area contributed by atoms with Gasteiger partial charge in [0.1, 0.15) is 5.75 Å². The van der Waals surface area contributed by atoms with Gasteiger partial charge >= 0.3 is 0 Å². The Morgan fingerprint density at radius 2 is 1.65 bits per heavy atom. The summed E-state index contributed by atoms with van der Waals surface area (Å²) in [6, 6.07) is 7.47. The second-order valence-electron chi connectivity index (χ2n) is 4.53. The minimum Gasteiger partial charge on any atom is -0.506 e. The number of hydrogen-bond acceptors (Lipinski definition) is 5. The molecule has 0 bridgehead atoms. The lowest BCUT2D eigenvalue weighted by atomic mass is 10.1. The van der Waals surface area contributed by atoms with Crippen molar-refractivity contribution in [1.82, 2.24) is 0 Å². The Morgan fingerprint density at radius 1 is 1.04 bits per heavy atom. The summed E-state index contributed by atoms with van der Waals surface area (Å²) in [5.74, 6) is 0.712. The smallest absolute Gasteiger partial charge is 0.255 e. The van der Waals surface area contributed by atoms with E-state index in [0.717, 1.165) is 0 Å². The second kappa shape index (κ2) is 7.11. The Balaban J connectivity index is 2.33. The van der Waals surface area contributed by atoms with Crippen molar-refractivity contribution < 1.29 is 24.1 Å². The van der Waals surface area contributed by atoms with Crippen LogP contribution in [0.3, 0.4) is 0 Å². The minimum atomic E-state index is -0.383. The highest BCUT2D eigenvalue weighted by atomic mass is 35.5. The van der Waals surface area contributed by atoms with Gasteiger partial charge in [-0.1, -0.05) is 11.6 Å². The third-order valence-corrected chi connectivity index (χ3v) is 3.44. The summed E-state index contributed by atoms with van der Waals surface area (Å²) >= 11 is 5.82. The fourth-order valence-corrected chi connectivity index (χ4v) is 2.18. The van der Waals surface area contributed by atoms with Crippen LogP contribution in [0.4, 0.5) is 5.69 Å². The first-order chi connectivity index (χ1) is 11.0. The van der Waals surface area contributed by atoms with Gasteiger partial charge in [-0.05, 0) is 30.3 Å². The molecule has 7 heteroatoms. The van der Waals surface area contributed by atoms with Crippen molar-refractivity contribution in [1.29, 1.82) is 0 Å². The van der Waals surface area contributed by atoms with Crippen LogP contribution in [0, 0.1) is 0 Å². The number of benzene rings is 2. The summed E-state index contributed by atoms with van der Waals surface area (Å²) in [4.78, 5) is 12.4. The van der Waals surface area contributed by atoms with E-state index >= 15 is 0 Å². The molecule has 1 amide bonds. The van der Waals surface area contributed by atoms with E-state index in [1.54, 1.807) is 12.1 Å². The van der Waals surface area contributed by atoms with Crippen LogP contribution >= 0.6 is 11.6 Å². The van der Waals surface area contributed by atoms with Crippen LogP contribution < -0.4 is 19.5 Å². The molecule has 2 rings (SSSR count). The van der Waals surface area contributed by atoms with E-state index in [4.69, 9.17) is 25.8 Å². The molecule has 0 aliphatic heterocycles. The van der Waals surface area contributed by atoms with E-state index in [2.05, 4.69) is 5.32 Å². The van der Waals surface area contributed by atoms with Crippen molar-refractivity contribution in [3.05, 3.63) is 40.9 Å². The molecule has 0 aliphatic carbocycles. The van der Waals surface area contributed by atoms with Crippen molar-refractivity contribution >= 4 is 23.2 Å². The lowest BCUT2D eigenvalue weighted by molar-refractivity contribution is 0.102. The largest absolute Gasteiger partial charge is 0.506 e. The Labute approximate surface area is 138 Å². The third kappa shape index (κ3) is 3.60. The fourth-order valence-electron chi connectivity index (χ4n) is 2.00. The standard InChI is InChI=1S/C16H16ClNO5/c1-21-13-6-9(7-14(22-2)15(13)23-3)16(20)18-10-4-5-12(19)11(17)8-10/h4-8,19H,1-3H3,(H,18,20). The number of carbonyl (C=O) groups is 1. The molecule has 0 fully saturated rings. The lowest BCUT2D eigenvalue weighted by Gasteiger charge is -2.14. The van der Waals surface area contributed by atoms with Gasteiger partial charge in [0, 0.05) is 11.3 Å². The van der Waals surface area contributed by atoms with E-state index in [-0.39, 0.29) is 16.7 Å². The zero-order valence-electron chi connectivity index (χ0n) is 12.8. The summed E-state index contributed by atoms with van der Waals surface area (Å²) in [5.41, 5.74) is 0.773. The highest BCUT2D eigenvalue weighted by Crippen LogP contribution is 2.38. The Hall–Kier alpha value is -2.60. The first kappa shape index (κ1) is 16.8. The maximum atomic E-state index is 12.4. The number of carbonyl (C=O) groups excluding carboxylic acids is 1. The summed E-state index contributed by atoms with van der Waals surface area (Å²) in [7, 11) is 4.43. The van der Waals surface area contributed by atoms with Crippen LogP contribution in [0.1, 0.15) is 10.4 Å². The van der Waals surface area contributed by atoms with Gasteiger partial charge in [0.15, 0.2) is 11.5 Å². The predicted octanol–water partition coefficient (Wildman–Crippen LogP) is 3.32. The normalized spacial score (nSPS) is 10.1. The predicted molar refractivity (Wildman–Crippen MR) is 87.2 cm³/mol. The van der Waals surface area contributed by atoms with Crippen LogP contribution in [0.2, 0.25) is 5.02 Å². The summed E-state index contributed by atoms with van der Waals surface area (Å²) in [5, 5.41) is 12.2. The van der Waals surface area contributed by atoms with Crippen molar-refractivity contribution in [3.8, 4) is 23.0 Å². The number of aromatic hydroxyl groups is 1. The van der Waals surface area contributed by atoms with Gasteiger partial charge in [-0.25, -0.2) is 0 Å². The molecule has 0 atom stereocenters. The highest BCUT2D eigenvalue weighted by Gasteiger charge is 2.17. The van der Waals surface area contributed by atoms with Gasteiger partial charge in [-0.3, -0.25) is 4.79 Å². The zero-order chi connectivity index (χ0) is 17.0. The molecule has 0 unspecified atom stereocenters. The molecule has 0 heterocycles. The van der Waals surface area contributed by atoms with Crippen LogP contribution in [-0.2, 0) is 0 Å². The number of amides is 1. The van der Waals surface area contributed by atoms with Crippen LogP contribution in [0.15, 0.2) is 30.3 Å². The quantitative estimate of drug-likeness (QED) is 0.818. The third-order valence-electron chi connectivity index (χ3n) is 3.13. The molecule has 2 N–H and O–H groups in total. The van der Waals surface area contributed by atoms with Crippen molar-refractivity contribution in [3.63, 3.8) is 0 Å². The second-order valence-corrected chi connectivity index (χ2v) is 4.94. The molecule has 0 saturated heterocycles. The molecule has 2 aromatic rings. The molecule has 0 aromatic heterocycles. The molecule has 0 radical (unpaired) electrons. The molecule has 0 saturated carbocycles. The lowest BCUT2D eigenvalue weighted by Crippen LogP contribution is -2.12. The summed E-state index contributed by atoms with van der Waals surface area (Å²) in [6.07, 6.45) is 0. The first-order valence-corrected chi connectivity index (χ1v) is 6.97. The molecule has 122 valence electrons. The van der Waals surface area contributed by atoms with E-state index < -0.39 is 0 Å². The van der Waals surface area contributed by atoms with E-state index in [9.17, 15) is 9.90 Å². The molecular weight excluding hydrogens is 322 g/mol. The van der Waals surface area contributed by atoms with Crippen LogP contribution in [0.5, 0.6) is 23.0 Å².